The first-order valence-electron chi connectivity index (χ1n) is 4.67. The highest BCUT2D eigenvalue weighted by Gasteiger charge is 2.23. The minimum atomic E-state index is -0.409. The van der Waals surface area contributed by atoms with Crippen LogP contribution in [0.3, 0.4) is 0 Å². The molecule has 2 rings (SSSR count). The van der Waals surface area contributed by atoms with E-state index in [0.29, 0.717) is 5.75 Å². The Hall–Kier alpha value is -1.58. The SMILES string of the molecule is O=[N+]([O-])c1ccccc1OC1CCC1. The second-order valence-corrected chi connectivity index (χ2v) is 3.40. The molecular weight excluding hydrogens is 182 g/mol. The highest BCUT2D eigenvalue weighted by atomic mass is 16.6. The molecule has 74 valence electrons. The minimum Gasteiger partial charge on any atom is -0.484 e. The zero-order chi connectivity index (χ0) is 9.97. The molecule has 1 fully saturated rings. The van der Waals surface area contributed by atoms with Crippen molar-refractivity contribution in [1.29, 1.82) is 0 Å². The number of benzene rings is 1. The summed E-state index contributed by atoms with van der Waals surface area (Å²) in [5, 5.41) is 10.6. The molecule has 1 aromatic rings. The van der Waals surface area contributed by atoms with Gasteiger partial charge in [-0.05, 0) is 25.3 Å². The number of hydrogen-bond acceptors (Lipinski definition) is 3. The molecule has 0 aromatic heterocycles. The van der Waals surface area contributed by atoms with Gasteiger partial charge in [0.15, 0.2) is 5.75 Å². The fraction of sp³-hybridized carbons (Fsp3) is 0.400. The Morgan fingerprint density at radius 2 is 2.07 bits per heavy atom. The summed E-state index contributed by atoms with van der Waals surface area (Å²) >= 11 is 0. The average molecular weight is 193 g/mol. The van der Waals surface area contributed by atoms with E-state index < -0.39 is 4.92 Å². The fourth-order valence-corrected chi connectivity index (χ4v) is 1.38. The van der Waals surface area contributed by atoms with E-state index in [4.69, 9.17) is 4.74 Å². The fourth-order valence-electron chi connectivity index (χ4n) is 1.38. The van der Waals surface area contributed by atoms with Gasteiger partial charge in [-0.3, -0.25) is 10.1 Å². The van der Waals surface area contributed by atoms with Crippen molar-refractivity contribution in [2.75, 3.05) is 0 Å². The molecule has 0 heterocycles. The van der Waals surface area contributed by atoms with E-state index in [9.17, 15) is 10.1 Å². The highest BCUT2D eigenvalue weighted by Crippen LogP contribution is 2.31. The second-order valence-electron chi connectivity index (χ2n) is 3.40. The average Bonchev–Trinajstić information content (AvgIpc) is 2.12. The third kappa shape index (κ3) is 1.69. The molecule has 4 nitrogen and oxygen atoms in total. The first-order valence-corrected chi connectivity index (χ1v) is 4.67. The van der Waals surface area contributed by atoms with E-state index in [-0.39, 0.29) is 11.8 Å². The summed E-state index contributed by atoms with van der Waals surface area (Å²) in [6, 6.07) is 6.51. The molecule has 1 aliphatic rings. The topological polar surface area (TPSA) is 52.4 Å². The minimum absolute atomic E-state index is 0.0550. The molecule has 0 radical (unpaired) electrons. The number of nitrogens with zero attached hydrogens (tertiary/aromatic N) is 1. The van der Waals surface area contributed by atoms with E-state index in [1.165, 1.54) is 6.07 Å². The van der Waals surface area contributed by atoms with Gasteiger partial charge in [-0.15, -0.1) is 0 Å². The molecule has 4 heteroatoms. The summed E-state index contributed by atoms with van der Waals surface area (Å²) in [7, 11) is 0. The Bertz CT molecular complexity index is 347. The predicted octanol–water partition coefficient (Wildman–Crippen LogP) is 2.53. The standard InChI is InChI=1S/C10H11NO3/c12-11(13)9-6-1-2-7-10(9)14-8-4-3-5-8/h1-2,6-8H,3-5H2. The third-order valence-electron chi connectivity index (χ3n) is 2.41. The summed E-state index contributed by atoms with van der Waals surface area (Å²) in [6.07, 6.45) is 3.35. The lowest BCUT2D eigenvalue weighted by Gasteiger charge is -2.25. The molecule has 0 saturated heterocycles. The summed E-state index contributed by atoms with van der Waals surface area (Å²) in [5.74, 6) is 0.391. The Labute approximate surface area is 81.7 Å². The summed E-state index contributed by atoms with van der Waals surface area (Å²) in [4.78, 5) is 10.2. The van der Waals surface area contributed by atoms with Crippen molar-refractivity contribution in [3.63, 3.8) is 0 Å². The van der Waals surface area contributed by atoms with Gasteiger partial charge in [0.1, 0.15) is 0 Å². The predicted molar refractivity (Wildman–Crippen MR) is 51.4 cm³/mol. The highest BCUT2D eigenvalue weighted by molar-refractivity contribution is 5.45. The molecule has 1 aliphatic carbocycles. The molecule has 0 amide bonds. The van der Waals surface area contributed by atoms with Crippen molar-refractivity contribution in [3.05, 3.63) is 34.4 Å². The van der Waals surface area contributed by atoms with Crippen molar-refractivity contribution in [2.24, 2.45) is 0 Å². The van der Waals surface area contributed by atoms with Crippen LogP contribution in [0, 0.1) is 10.1 Å². The van der Waals surface area contributed by atoms with Crippen LogP contribution >= 0.6 is 0 Å². The van der Waals surface area contributed by atoms with E-state index in [1.54, 1.807) is 18.2 Å². The first-order chi connectivity index (χ1) is 6.77. The van der Waals surface area contributed by atoms with Gasteiger partial charge in [0.2, 0.25) is 0 Å². The van der Waals surface area contributed by atoms with Crippen molar-refractivity contribution in [3.8, 4) is 5.75 Å². The lowest BCUT2D eigenvalue weighted by molar-refractivity contribution is -0.386. The Kier molecular flexibility index (Phi) is 2.35. The van der Waals surface area contributed by atoms with Gasteiger partial charge in [0, 0.05) is 6.07 Å². The molecule has 14 heavy (non-hydrogen) atoms. The van der Waals surface area contributed by atoms with Crippen molar-refractivity contribution in [1.82, 2.24) is 0 Å². The van der Waals surface area contributed by atoms with Crippen LogP contribution in [-0.4, -0.2) is 11.0 Å². The van der Waals surface area contributed by atoms with Gasteiger partial charge in [0.05, 0.1) is 11.0 Å². The normalized spacial score (nSPS) is 16.0. The summed E-state index contributed by atoms with van der Waals surface area (Å²) < 4.78 is 5.50. The zero-order valence-corrected chi connectivity index (χ0v) is 7.68. The van der Waals surface area contributed by atoms with Crippen LogP contribution in [0.4, 0.5) is 5.69 Å². The van der Waals surface area contributed by atoms with E-state index in [2.05, 4.69) is 0 Å². The van der Waals surface area contributed by atoms with Crippen molar-refractivity contribution in [2.45, 2.75) is 25.4 Å². The maximum atomic E-state index is 10.6. The molecule has 0 aliphatic heterocycles. The number of nitro benzene ring substituents is 1. The van der Waals surface area contributed by atoms with Crippen molar-refractivity contribution < 1.29 is 9.66 Å². The summed E-state index contributed by atoms with van der Waals surface area (Å²) in [5.41, 5.74) is 0.0550. The van der Waals surface area contributed by atoms with Crippen LogP contribution in [0.1, 0.15) is 19.3 Å². The van der Waals surface area contributed by atoms with Crippen LogP contribution in [0.2, 0.25) is 0 Å². The lowest BCUT2D eigenvalue weighted by Crippen LogP contribution is -2.24. The molecule has 0 spiro atoms. The molecule has 1 aromatic carbocycles. The maximum absolute atomic E-state index is 10.6. The van der Waals surface area contributed by atoms with Crippen molar-refractivity contribution >= 4 is 5.69 Å². The smallest absolute Gasteiger partial charge is 0.310 e. The van der Waals surface area contributed by atoms with Gasteiger partial charge < -0.3 is 4.74 Å². The van der Waals surface area contributed by atoms with Crippen LogP contribution < -0.4 is 4.74 Å². The van der Waals surface area contributed by atoms with Gasteiger partial charge in [-0.2, -0.15) is 0 Å². The molecule has 0 unspecified atom stereocenters. The van der Waals surface area contributed by atoms with E-state index >= 15 is 0 Å². The maximum Gasteiger partial charge on any atom is 0.310 e. The van der Waals surface area contributed by atoms with Gasteiger partial charge >= 0.3 is 5.69 Å². The van der Waals surface area contributed by atoms with Crippen LogP contribution in [0.5, 0.6) is 5.75 Å². The lowest BCUT2D eigenvalue weighted by atomic mass is 9.96. The van der Waals surface area contributed by atoms with Gasteiger partial charge in [0.25, 0.3) is 0 Å². The second kappa shape index (κ2) is 3.65. The molecule has 1 saturated carbocycles. The zero-order valence-electron chi connectivity index (χ0n) is 7.68. The van der Waals surface area contributed by atoms with Crippen LogP contribution in [0.15, 0.2) is 24.3 Å². The molecular formula is C10H11NO3. The quantitative estimate of drug-likeness (QED) is 0.547. The van der Waals surface area contributed by atoms with Gasteiger partial charge in [-0.1, -0.05) is 12.1 Å². The monoisotopic (exact) mass is 193 g/mol. The number of rotatable bonds is 3. The number of nitro groups is 1. The molecule has 0 N–H and O–H groups in total. The Balaban J connectivity index is 2.17. The molecule has 0 atom stereocenters. The number of hydrogen-bond donors (Lipinski definition) is 0. The van der Waals surface area contributed by atoms with Gasteiger partial charge in [-0.25, -0.2) is 0 Å². The Morgan fingerprint density at radius 3 is 2.64 bits per heavy atom. The molecule has 0 bridgehead atoms. The number of para-hydroxylation sites is 2. The summed E-state index contributed by atoms with van der Waals surface area (Å²) in [6.45, 7) is 0. The first kappa shape index (κ1) is 8.99. The van der Waals surface area contributed by atoms with E-state index in [1.807, 2.05) is 0 Å². The van der Waals surface area contributed by atoms with Crippen LogP contribution in [-0.2, 0) is 0 Å². The third-order valence-corrected chi connectivity index (χ3v) is 2.41. The Morgan fingerprint density at radius 1 is 1.36 bits per heavy atom. The number of ether oxygens (including phenoxy) is 1. The van der Waals surface area contributed by atoms with Crippen LogP contribution in [0.25, 0.3) is 0 Å². The largest absolute Gasteiger partial charge is 0.484 e. The van der Waals surface area contributed by atoms with E-state index in [0.717, 1.165) is 19.3 Å².